The third-order valence-electron chi connectivity index (χ3n) is 4.91. The predicted molar refractivity (Wildman–Crippen MR) is 97.8 cm³/mol. The number of hydrogen-bond acceptors (Lipinski definition) is 3. The molecular weight excluding hydrogens is 327 g/mol. The van der Waals surface area contributed by atoms with Gasteiger partial charge in [-0.1, -0.05) is 24.3 Å². The Hall–Kier alpha value is -3.05. The topological polar surface area (TPSA) is 33.4 Å². The van der Waals surface area contributed by atoms with Crippen molar-refractivity contribution in [1.29, 1.82) is 0 Å². The molecule has 1 aromatic carbocycles. The zero-order valence-electron chi connectivity index (χ0n) is 14.1. The number of hydrogen-bond donors (Lipinski definition) is 0. The van der Waals surface area contributed by atoms with Crippen LogP contribution in [0.25, 0.3) is 16.9 Å². The Kier molecular flexibility index (Phi) is 3.53. The summed E-state index contributed by atoms with van der Waals surface area (Å²) < 4.78 is 16.7. The first-order valence-electron chi connectivity index (χ1n) is 8.64. The summed E-state index contributed by atoms with van der Waals surface area (Å²) in [7, 11) is 0. The van der Waals surface area contributed by atoms with Gasteiger partial charge in [0, 0.05) is 43.2 Å². The summed E-state index contributed by atoms with van der Waals surface area (Å²) in [5.41, 5.74) is 5.61. The molecule has 0 saturated heterocycles. The monoisotopic (exact) mass is 344 g/mol. The SMILES string of the molecule is Fc1cc(-c2cnc3ccccn23)ccc1CN1Cc2cccnc2C1. The molecule has 128 valence electrons. The van der Waals surface area contributed by atoms with Crippen molar-refractivity contribution in [1.82, 2.24) is 19.3 Å². The first-order valence-corrected chi connectivity index (χ1v) is 8.64. The van der Waals surface area contributed by atoms with E-state index in [2.05, 4.69) is 20.9 Å². The van der Waals surface area contributed by atoms with Crippen molar-refractivity contribution in [2.75, 3.05) is 0 Å². The predicted octanol–water partition coefficient (Wildman–Crippen LogP) is 4.05. The van der Waals surface area contributed by atoms with Gasteiger partial charge < -0.3 is 0 Å². The highest BCUT2D eigenvalue weighted by Crippen LogP contribution is 2.26. The van der Waals surface area contributed by atoms with Gasteiger partial charge >= 0.3 is 0 Å². The van der Waals surface area contributed by atoms with Gasteiger partial charge in [0.25, 0.3) is 0 Å². The van der Waals surface area contributed by atoms with Crippen LogP contribution >= 0.6 is 0 Å². The number of fused-ring (bicyclic) bond motifs is 2. The lowest BCUT2D eigenvalue weighted by atomic mass is 10.1. The molecule has 0 saturated carbocycles. The van der Waals surface area contributed by atoms with E-state index in [1.165, 1.54) is 5.56 Å². The van der Waals surface area contributed by atoms with Crippen LogP contribution in [0, 0.1) is 5.82 Å². The minimum absolute atomic E-state index is 0.183. The highest BCUT2D eigenvalue weighted by atomic mass is 19.1. The Morgan fingerprint density at radius 2 is 1.96 bits per heavy atom. The molecule has 5 rings (SSSR count). The molecule has 0 atom stereocenters. The third-order valence-corrected chi connectivity index (χ3v) is 4.91. The van der Waals surface area contributed by atoms with Crippen LogP contribution in [0.2, 0.25) is 0 Å². The van der Waals surface area contributed by atoms with Crippen LogP contribution in [0.15, 0.2) is 67.1 Å². The molecule has 4 nitrogen and oxygen atoms in total. The lowest BCUT2D eigenvalue weighted by molar-refractivity contribution is 0.270. The van der Waals surface area contributed by atoms with Crippen molar-refractivity contribution in [2.45, 2.75) is 19.6 Å². The van der Waals surface area contributed by atoms with Gasteiger partial charge in [0.1, 0.15) is 11.5 Å². The van der Waals surface area contributed by atoms with Crippen LogP contribution in [0.5, 0.6) is 0 Å². The Balaban J connectivity index is 1.41. The highest BCUT2D eigenvalue weighted by molar-refractivity contribution is 5.64. The largest absolute Gasteiger partial charge is 0.300 e. The Bertz CT molecular complexity index is 1080. The van der Waals surface area contributed by atoms with E-state index in [-0.39, 0.29) is 5.82 Å². The summed E-state index contributed by atoms with van der Waals surface area (Å²) in [6.07, 6.45) is 5.54. The highest BCUT2D eigenvalue weighted by Gasteiger charge is 2.20. The van der Waals surface area contributed by atoms with Crippen LogP contribution in [0.1, 0.15) is 16.8 Å². The zero-order valence-corrected chi connectivity index (χ0v) is 14.1. The minimum atomic E-state index is -0.183. The first kappa shape index (κ1) is 15.2. The number of aromatic nitrogens is 3. The molecule has 0 unspecified atom stereocenters. The molecular formula is C21H17FN4. The van der Waals surface area contributed by atoms with Crippen molar-refractivity contribution in [2.24, 2.45) is 0 Å². The number of imidazole rings is 1. The average Bonchev–Trinajstić information content (AvgIpc) is 3.27. The van der Waals surface area contributed by atoms with Crippen molar-refractivity contribution in [3.63, 3.8) is 0 Å². The van der Waals surface area contributed by atoms with Crippen LogP contribution in [0.4, 0.5) is 4.39 Å². The molecule has 0 fully saturated rings. The summed E-state index contributed by atoms with van der Waals surface area (Å²) in [5, 5.41) is 0. The molecule has 4 heterocycles. The number of nitrogens with zero attached hydrogens (tertiary/aromatic N) is 4. The summed E-state index contributed by atoms with van der Waals surface area (Å²) in [4.78, 5) is 11.0. The second-order valence-corrected chi connectivity index (χ2v) is 6.63. The standard InChI is InChI=1S/C21H17FN4/c22-18-10-15(20-11-24-21-5-1-2-9-26(20)21)6-7-16(18)12-25-13-17-4-3-8-23-19(17)14-25/h1-11H,12-14H2. The molecule has 26 heavy (non-hydrogen) atoms. The van der Waals surface area contributed by atoms with Crippen LogP contribution in [-0.2, 0) is 19.6 Å². The number of pyridine rings is 2. The summed E-state index contributed by atoms with van der Waals surface area (Å²) >= 11 is 0. The number of rotatable bonds is 3. The van der Waals surface area contributed by atoms with E-state index < -0.39 is 0 Å². The fourth-order valence-electron chi connectivity index (χ4n) is 3.60. The summed E-state index contributed by atoms with van der Waals surface area (Å²) in [6, 6.07) is 15.3. The lowest BCUT2D eigenvalue weighted by Gasteiger charge is -2.15. The average molecular weight is 344 g/mol. The van der Waals surface area contributed by atoms with E-state index in [0.29, 0.717) is 12.1 Å². The van der Waals surface area contributed by atoms with E-state index in [9.17, 15) is 4.39 Å². The van der Waals surface area contributed by atoms with Crippen molar-refractivity contribution >= 4 is 5.65 Å². The van der Waals surface area contributed by atoms with Gasteiger partial charge in [-0.05, 0) is 29.8 Å². The molecule has 0 N–H and O–H groups in total. The Labute approximate surface area is 150 Å². The molecule has 1 aliphatic heterocycles. The quantitative estimate of drug-likeness (QED) is 0.562. The van der Waals surface area contributed by atoms with Crippen molar-refractivity contribution < 1.29 is 4.39 Å². The van der Waals surface area contributed by atoms with Crippen LogP contribution in [0.3, 0.4) is 0 Å². The number of halogens is 1. The van der Waals surface area contributed by atoms with Gasteiger partial charge in [0.05, 0.1) is 17.6 Å². The molecule has 0 amide bonds. The van der Waals surface area contributed by atoms with Crippen LogP contribution in [-0.4, -0.2) is 19.3 Å². The Morgan fingerprint density at radius 3 is 2.85 bits per heavy atom. The first-order chi connectivity index (χ1) is 12.8. The van der Waals surface area contributed by atoms with Crippen molar-refractivity contribution in [3.8, 4) is 11.3 Å². The maximum absolute atomic E-state index is 14.8. The van der Waals surface area contributed by atoms with E-state index in [1.54, 1.807) is 12.3 Å². The maximum atomic E-state index is 14.8. The maximum Gasteiger partial charge on any atom is 0.137 e. The van der Waals surface area contributed by atoms with Gasteiger partial charge in [-0.25, -0.2) is 9.37 Å². The van der Waals surface area contributed by atoms with Gasteiger partial charge in [0.2, 0.25) is 0 Å². The van der Waals surface area contributed by atoms with E-state index in [0.717, 1.165) is 35.7 Å². The Morgan fingerprint density at radius 1 is 1.00 bits per heavy atom. The fraction of sp³-hybridized carbons (Fsp3) is 0.143. The summed E-state index contributed by atoms with van der Waals surface area (Å²) in [6.45, 7) is 2.16. The molecule has 0 bridgehead atoms. The number of benzene rings is 1. The van der Waals surface area contributed by atoms with Gasteiger partial charge in [0.15, 0.2) is 0 Å². The van der Waals surface area contributed by atoms with Crippen molar-refractivity contribution in [3.05, 3.63) is 89.8 Å². The molecule has 3 aromatic heterocycles. The fourth-order valence-corrected chi connectivity index (χ4v) is 3.60. The second kappa shape index (κ2) is 6.04. The van der Waals surface area contributed by atoms with E-state index >= 15 is 0 Å². The molecule has 0 aliphatic carbocycles. The smallest absolute Gasteiger partial charge is 0.137 e. The van der Waals surface area contributed by atoms with E-state index in [1.807, 2.05) is 53.2 Å². The summed E-state index contributed by atoms with van der Waals surface area (Å²) in [5.74, 6) is -0.183. The van der Waals surface area contributed by atoms with Gasteiger partial charge in [-0.3, -0.25) is 14.3 Å². The van der Waals surface area contributed by atoms with Gasteiger partial charge in [-0.2, -0.15) is 0 Å². The van der Waals surface area contributed by atoms with E-state index in [4.69, 9.17) is 0 Å². The van der Waals surface area contributed by atoms with Gasteiger partial charge in [-0.15, -0.1) is 0 Å². The molecule has 0 radical (unpaired) electrons. The zero-order chi connectivity index (χ0) is 17.5. The normalized spacial score (nSPS) is 14.0. The molecule has 0 spiro atoms. The van der Waals surface area contributed by atoms with Crippen LogP contribution < -0.4 is 0 Å². The third kappa shape index (κ3) is 2.57. The molecule has 1 aliphatic rings. The minimum Gasteiger partial charge on any atom is -0.300 e. The lowest BCUT2D eigenvalue weighted by Crippen LogP contribution is -2.16. The molecule has 4 aromatic rings. The second-order valence-electron chi connectivity index (χ2n) is 6.63. The molecule has 5 heteroatoms.